The zero-order valence-corrected chi connectivity index (χ0v) is 11.7. The fourth-order valence-electron chi connectivity index (χ4n) is 2.69. The largest absolute Gasteiger partial charge is 0.383 e. The fourth-order valence-corrected chi connectivity index (χ4v) is 2.95. The first-order valence-electron chi connectivity index (χ1n) is 6.98. The van der Waals surface area contributed by atoms with Gasteiger partial charge in [0.15, 0.2) is 0 Å². The summed E-state index contributed by atoms with van der Waals surface area (Å²) in [5.74, 6) is 1.94. The summed E-state index contributed by atoms with van der Waals surface area (Å²) >= 11 is 6.14. The van der Waals surface area contributed by atoms with Gasteiger partial charge in [-0.25, -0.2) is 9.37 Å². The Bertz CT molecular complexity index is 687. The highest BCUT2D eigenvalue weighted by atomic mass is 35.5. The highest BCUT2D eigenvalue weighted by Gasteiger charge is 2.36. The van der Waals surface area contributed by atoms with Crippen molar-refractivity contribution in [2.45, 2.75) is 37.6 Å². The predicted octanol–water partition coefficient (Wildman–Crippen LogP) is 4.14. The van der Waals surface area contributed by atoms with Crippen LogP contribution in [0.25, 0.3) is 11.3 Å². The molecule has 3 nitrogen and oxygen atoms in total. The van der Waals surface area contributed by atoms with Crippen molar-refractivity contribution in [2.75, 3.05) is 5.73 Å². The molecule has 2 aliphatic carbocycles. The average molecular weight is 292 g/mol. The molecule has 2 aliphatic rings. The number of nitrogens with zero attached hydrogens (tertiary/aromatic N) is 2. The summed E-state index contributed by atoms with van der Waals surface area (Å²) in [4.78, 5) is 4.72. The van der Waals surface area contributed by atoms with E-state index < -0.39 is 0 Å². The number of aromatic nitrogens is 2. The van der Waals surface area contributed by atoms with Crippen molar-refractivity contribution in [1.82, 2.24) is 9.55 Å². The van der Waals surface area contributed by atoms with Crippen LogP contribution in [0.2, 0.25) is 5.02 Å². The Morgan fingerprint density at radius 3 is 2.60 bits per heavy atom. The van der Waals surface area contributed by atoms with Crippen LogP contribution in [-0.2, 0) is 0 Å². The van der Waals surface area contributed by atoms with Crippen LogP contribution in [0.15, 0.2) is 18.2 Å². The number of rotatable bonds is 3. The lowest BCUT2D eigenvalue weighted by Crippen LogP contribution is -2.04. The molecular weight excluding hydrogens is 277 g/mol. The molecule has 0 unspecified atom stereocenters. The molecule has 2 fully saturated rings. The Hall–Kier alpha value is -1.55. The van der Waals surface area contributed by atoms with Gasteiger partial charge in [0.1, 0.15) is 23.2 Å². The van der Waals surface area contributed by atoms with E-state index >= 15 is 0 Å². The van der Waals surface area contributed by atoms with Gasteiger partial charge in [-0.3, -0.25) is 0 Å². The molecule has 0 atom stereocenters. The van der Waals surface area contributed by atoms with Gasteiger partial charge in [0.05, 0.1) is 5.02 Å². The van der Waals surface area contributed by atoms with Crippen molar-refractivity contribution in [3.63, 3.8) is 0 Å². The second-order valence-electron chi connectivity index (χ2n) is 5.70. The van der Waals surface area contributed by atoms with Gasteiger partial charge in [0.25, 0.3) is 0 Å². The average Bonchev–Trinajstić information content (AvgIpc) is 3.29. The number of benzene rings is 1. The molecule has 1 aromatic heterocycles. The maximum atomic E-state index is 13.2. The molecule has 1 aromatic carbocycles. The Kier molecular flexibility index (Phi) is 2.58. The molecule has 0 radical (unpaired) electrons. The first-order chi connectivity index (χ1) is 9.65. The Balaban J connectivity index is 1.87. The Morgan fingerprint density at radius 1 is 1.25 bits per heavy atom. The number of anilines is 1. The number of nitrogens with two attached hydrogens (primary N) is 1. The van der Waals surface area contributed by atoms with Crippen molar-refractivity contribution in [3.8, 4) is 11.3 Å². The molecule has 4 rings (SSSR count). The third-order valence-corrected chi connectivity index (χ3v) is 4.33. The van der Waals surface area contributed by atoms with Crippen LogP contribution in [0.5, 0.6) is 0 Å². The number of nitrogen functional groups attached to an aromatic ring is 1. The van der Waals surface area contributed by atoms with Gasteiger partial charge in [-0.1, -0.05) is 11.6 Å². The second kappa shape index (κ2) is 4.22. The van der Waals surface area contributed by atoms with E-state index in [9.17, 15) is 4.39 Å². The molecule has 0 saturated heterocycles. The van der Waals surface area contributed by atoms with E-state index in [4.69, 9.17) is 22.3 Å². The normalized spacial score (nSPS) is 18.5. The number of hydrogen-bond acceptors (Lipinski definition) is 2. The van der Waals surface area contributed by atoms with Crippen LogP contribution in [0.1, 0.15) is 43.5 Å². The van der Waals surface area contributed by atoms with Gasteiger partial charge in [-0.05, 0) is 43.9 Å². The van der Waals surface area contributed by atoms with Crippen LogP contribution in [0.3, 0.4) is 0 Å². The molecule has 0 spiro atoms. The molecule has 0 bridgehead atoms. The van der Waals surface area contributed by atoms with Crippen molar-refractivity contribution >= 4 is 17.4 Å². The summed E-state index contributed by atoms with van der Waals surface area (Å²) in [5.41, 5.74) is 7.71. The molecule has 2 saturated carbocycles. The minimum absolute atomic E-state index is 0.346. The molecule has 2 N–H and O–H groups in total. The van der Waals surface area contributed by atoms with Crippen molar-refractivity contribution in [3.05, 3.63) is 34.9 Å². The Labute approximate surface area is 121 Å². The van der Waals surface area contributed by atoms with Gasteiger partial charge in [0.2, 0.25) is 0 Å². The molecule has 104 valence electrons. The summed E-state index contributed by atoms with van der Waals surface area (Å²) in [6, 6.07) is 4.85. The van der Waals surface area contributed by atoms with E-state index in [1.54, 1.807) is 6.07 Å². The summed E-state index contributed by atoms with van der Waals surface area (Å²) in [5, 5.41) is 0.361. The van der Waals surface area contributed by atoms with Crippen molar-refractivity contribution < 1.29 is 4.39 Å². The minimum Gasteiger partial charge on any atom is -0.383 e. The molecule has 0 amide bonds. The monoisotopic (exact) mass is 291 g/mol. The molecular formula is C15H15ClFN3. The van der Waals surface area contributed by atoms with Crippen molar-refractivity contribution in [1.29, 1.82) is 0 Å². The van der Waals surface area contributed by atoms with E-state index in [1.165, 1.54) is 25.0 Å². The lowest BCUT2D eigenvalue weighted by atomic mass is 10.1. The smallest absolute Gasteiger partial charge is 0.132 e. The maximum Gasteiger partial charge on any atom is 0.132 e. The van der Waals surface area contributed by atoms with Gasteiger partial charge in [-0.15, -0.1) is 0 Å². The third kappa shape index (κ3) is 1.90. The summed E-state index contributed by atoms with van der Waals surface area (Å²) < 4.78 is 15.4. The molecule has 2 aromatic rings. The van der Waals surface area contributed by atoms with E-state index in [2.05, 4.69) is 4.57 Å². The zero-order chi connectivity index (χ0) is 13.9. The van der Waals surface area contributed by atoms with Crippen LogP contribution >= 0.6 is 11.6 Å². The van der Waals surface area contributed by atoms with Gasteiger partial charge in [0, 0.05) is 17.5 Å². The van der Waals surface area contributed by atoms with Crippen LogP contribution in [-0.4, -0.2) is 9.55 Å². The number of hydrogen-bond donors (Lipinski definition) is 1. The quantitative estimate of drug-likeness (QED) is 0.924. The summed E-state index contributed by atoms with van der Waals surface area (Å²) in [6.07, 6.45) is 4.69. The third-order valence-electron chi connectivity index (χ3n) is 4.02. The van der Waals surface area contributed by atoms with Crippen LogP contribution in [0.4, 0.5) is 10.2 Å². The summed E-state index contributed by atoms with van der Waals surface area (Å²) in [6.45, 7) is 0. The molecule has 20 heavy (non-hydrogen) atoms. The minimum atomic E-state index is -0.346. The predicted molar refractivity (Wildman–Crippen MR) is 77.3 cm³/mol. The van der Waals surface area contributed by atoms with Crippen molar-refractivity contribution in [2.24, 2.45) is 0 Å². The van der Waals surface area contributed by atoms with E-state index in [1.807, 2.05) is 0 Å². The topological polar surface area (TPSA) is 43.8 Å². The maximum absolute atomic E-state index is 13.2. The zero-order valence-electron chi connectivity index (χ0n) is 10.9. The number of halogens is 2. The SMILES string of the molecule is Nc1c(-c2ccc(F)cc2Cl)nc(C2CC2)n1C1CC1. The highest BCUT2D eigenvalue weighted by molar-refractivity contribution is 6.33. The standard InChI is InChI=1S/C15H15ClFN3/c16-12-7-9(17)3-6-11(12)13-14(18)20(10-4-5-10)15(19-13)8-1-2-8/h3,6-8,10H,1-2,4-5,18H2. The summed E-state index contributed by atoms with van der Waals surface area (Å²) in [7, 11) is 0. The first kappa shape index (κ1) is 12.2. The van der Waals surface area contributed by atoms with E-state index in [-0.39, 0.29) is 5.82 Å². The van der Waals surface area contributed by atoms with E-state index in [0.717, 1.165) is 18.7 Å². The highest BCUT2D eigenvalue weighted by Crippen LogP contribution is 2.48. The van der Waals surface area contributed by atoms with Crippen LogP contribution < -0.4 is 5.73 Å². The first-order valence-corrected chi connectivity index (χ1v) is 7.36. The lowest BCUT2D eigenvalue weighted by molar-refractivity contribution is 0.628. The molecule has 1 heterocycles. The second-order valence-corrected chi connectivity index (χ2v) is 6.11. The van der Waals surface area contributed by atoms with Gasteiger partial charge < -0.3 is 10.3 Å². The van der Waals surface area contributed by atoms with Gasteiger partial charge in [-0.2, -0.15) is 0 Å². The lowest BCUT2D eigenvalue weighted by Gasteiger charge is -2.07. The van der Waals surface area contributed by atoms with E-state index in [0.29, 0.717) is 34.1 Å². The Morgan fingerprint density at radius 2 is 2.00 bits per heavy atom. The molecule has 5 heteroatoms. The molecule has 0 aliphatic heterocycles. The van der Waals surface area contributed by atoms with Crippen LogP contribution in [0, 0.1) is 5.82 Å². The number of imidazole rings is 1. The fraction of sp³-hybridized carbons (Fsp3) is 0.400. The van der Waals surface area contributed by atoms with Gasteiger partial charge >= 0.3 is 0 Å².